The molecule has 0 atom stereocenters. The fourth-order valence-electron chi connectivity index (χ4n) is 4.16. The SMILES string of the molecule is Cc1ccccc1C1(C(=O)N2CCN(Cc3cccc(O)c3)CC2)CC1. The number of phenols is 1. The molecule has 2 aromatic carbocycles. The number of phenolic OH excluding ortho intramolecular Hbond substituents is 1. The predicted molar refractivity (Wildman–Crippen MR) is 102 cm³/mol. The summed E-state index contributed by atoms with van der Waals surface area (Å²) in [6.45, 7) is 6.25. The van der Waals surface area contributed by atoms with E-state index in [0.717, 1.165) is 51.1 Å². The zero-order valence-corrected chi connectivity index (χ0v) is 15.3. The molecule has 1 aliphatic heterocycles. The van der Waals surface area contributed by atoms with Crippen LogP contribution >= 0.6 is 0 Å². The molecule has 0 radical (unpaired) electrons. The van der Waals surface area contributed by atoms with Gasteiger partial charge in [-0.15, -0.1) is 0 Å². The zero-order chi connectivity index (χ0) is 18.1. The average molecular weight is 350 g/mol. The van der Waals surface area contributed by atoms with Gasteiger partial charge in [0.1, 0.15) is 5.75 Å². The first-order valence-corrected chi connectivity index (χ1v) is 9.44. The zero-order valence-electron chi connectivity index (χ0n) is 15.3. The molecule has 1 saturated heterocycles. The number of amides is 1. The van der Waals surface area contributed by atoms with E-state index in [1.54, 1.807) is 6.07 Å². The highest BCUT2D eigenvalue weighted by Gasteiger charge is 2.53. The van der Waals surface area contributed by atoms with Crippen molar-refractivity contribution in [2.75, 3.05) is 26.2 Å². The topological polar surface area (TPSA) is 43.8 Å². The summed E-state index contributed by atoms with van der Waals surface area (Å²) >= 11 is 0. The van der Waals surface area contributed by atoms with E-state index in [0.29, 0.717) is 11.7 Å². The maximum Gasteiger partial charge on any atom is 0.233 e. The Balaban J connectivity index is 1.39. The number of aromatic hydroxyl groups is 1. The molecule has 1 N–H and O–H groups in total. The first kappa shape index (κ1) is 17.1. The number of nitrogens with zero attached hydrogens (tertiary/aromatic N) is 2. The van der Waals surface area contributed by atoms with Crippen molar-refractivity contribution < 1.29 is 9.90 Å². The lowest BCUT2D eigenvalue weighted by Crippen LogP contribution is -2.51. The van der Waals surface area contributed by atoms with Gasteiger partial charge in [0.15, 0.2) is 0 Å². The fraction of sp³-hybridized carbons (Fsp3) is 0.409. The van der Waals surface area contributed by atoms with Crippen molar-refractivity contribution in [2.24, 2.45) is 0 Å². The van der Waals surface area contributed by atoms with Crippen LogP contribution in [0.3, 0.4) is 0 Å². The third kappa shape index (κ3) is 3.21. The van der Waals surface area contributed by atoms with E-state index < -0.39 is 0 Å². The van der Waals surface area contributed by atoms with Gasteiger partial charge in [-0.2, -0.15) is 0 Å². The van der Waals surface area contributed by atoms with Crippen LogP contribution in [0.1, 0.15) is 29.5 Å². The van der Waals surface area contributed by atoms with Gasteiger partial charge in [0, 0.05) is 32.7 Å². The standard InChI is InChI=1S/C22H26N2O2/c1-17-5-2-3-8-20(17)22(9-10-22)21(26)24-13-11-23(12-14-24)16-18-6-4-7-19(25)15-18/h2-8,15,25H,9-14,16H2,1H3. The number of piperazine rings is 1. The number of hydrogen-bond donors (Lipinski definition) is 1. The largest absolute Gasteiger partial charge is 0.508 e. The van der Waals surface area contributed by atoms with Crippen LogP contribution < -0.4 is 0 Å². The monoisotopic (exact) mass is 350 g/mol. The highest BCUT2D eigenvalue weighted by molar-refractivity contribution is 5.91. The van der Waals surface area contributed by atoms with E-state index >= 15 is 0 Å². The molecule has 0 aromatic heterocycles. The van der Waals surface area contributed by atoms with E-state index in [-0.39, 0.29) is 5.41 Å². The third-order valence-electron chi connectivity index (χ3n) is 5.80. The Morgan fingerprint density at radius 2 is 1.77 bits per heavy atom. The summed E-state index contributed by atoms with van der Waals surface area (Å²) in [5, 5.41) is 9.61. The molecule has 0 bridgehead atoms. The van der Waals surface area contributed by atoms with Crippen molar-refractivity contribution in [1.29, 1.82) is 0 Å². The molecule has 136 valence electrons. The summed E-state index contributed by atoms with van der Waals surface area (Å²) in [6.07, 6.45) is 1.94. The highest BCUT2D eigenvalue weighted by atomic mass is 16.3. The van der Waals surface area contributed by atoms with E-state index in [9.17, 15) is 9.90 Å². The van der Waals surface area contributed by atoms with E-state index in [4.69, 9.17) is 0 Å². The maximum absolute atomic E-state index is 13.2. The number of rotatable bonds is 4. The normalized spacial score (nSPS) is 19.3. The van der Waals surface area contributed by atoms with Crippen molar-refractivity contribution >= 4 is 5.91 Å². The second-order valence-electron chi connectivity index (χ2n) is 7.64. The summed E-state index contributed by atoms with van der Waals surface area (Å²) in [5.74, 6) is 0.619. The molecule has 2 fully saturated rings. The maximum atomic E-state index is 13.2. The number of benzene rings is 2. The Morgan fingerprint density at radius 1 is 1.04 bits per heavy atom. The molecule has 0 unspecified atom stereocenters. The highest BCUT2D eigenvalue weighted by Crippen LogP contribution is 2.50. The molecule has 2 aliphatic rings. The van der Waals surface area contributed by atoms with Crippen LogP contribution in [-0.4, -0.2) is 47.0 Å². The van der Waals surface area contributed by atoms with Crippen LogP contribution in [-0.2, 0) is 16.8 Å². The average Bonchev–Trinajstić information content (AvgIpc) is 3.44. The van der Waals surface area contributed by atoms with Crippen LogP contribution in [0.15, 0.2) is 48.5 Å². The quantitative estimate of drug-likeness (QED) is 0.922. The number of carbonyl (C=O) groups excluding carboxylic acids is 1. The van der Waals surface area contributed by atoms with Gasteiger partial charge in [0.25, 0.3) is 0 Å². The molecule has 4 nitrogen and oxygen atoms in total. The van der Waals surface area contributed by atoms with Crippen molar-refractivity contribution in [2.45, 2.75) is 31.7 Å². The minimum Gasteiger partial charge on any atom is -0.508 e. The lowest BCUT2D eigenvalue weighted by atomic mass is 9.90. The van der Waals surface area contributed by atoms with Gasteiger partial charge >= 0.3 is 0 Å². The van der Waals surface area contributed by atoms with Crippen molar-refractivity contribution in [3.05, 3.63) is 65.2 Å². The van der Waals surface area contributed by atoms with Crippen molar-refractivity contribution in [3.63, 3.8) is 0 Å². The second kappa shape index (κ2) is 6.76. The van der Waals surface area contributed by atoms with Crippen LogP contribution in [0.25, 0.3) is 0 Å². The Hall–Kier alpha value is -2.33. The second-order valence-corrected chi connectivity index (χ2v) is 7.64. The molecule has 26 heavy (non-hydrogen) atoms. The van der Waals surface area contributed by atoms with Crippen LogP contribution in [0, 0.1) is 6.92 Å². The number of carbonyl (C=O) groups is 1. The molecular weight excluding hydrogens is 324 g/mol. The number of hydrogen-bond acceptors (Lipinski definition) is 3. The lowest BCUT2D eigenvalue weighted by Gasteiger charge is -2.37. The summed E-state index contributed by atoms with van der Waals surface area (Å²) in [5.41, 5.74) is 3.29. The first-order chi connectivity index (χ1) is 12.6. The Bertz CT molecular complexity index is 805. The lowest BCUT2D eigenvalue weighted by molar-refractivity contribution is -0.135. The Kier molecular flexibility index (Phi) is 4.45. The molecule has 0 spiro atoms. The molecular formula is C22H26N2O2. The van der Waals surface area contributed by atoms with Gasteiger partial charge < -0.3 is 10.0 Å². The van der Waals surface area contributed by atoms with Gasteiger partial charge in [-0.05, 0) is 48.6 Å². The molecule has 4 heteroatoms. The molecule has 1 amide bonds. The number of aryl methyl sites for hydroxylation is 1. The van der Waals surface area contributed by atoms with Gasteiger partial charge in [-0.3, -0.25) is 9.69 Å². The van der Waals surface area contributed by atoms with E-state index in [1.807, 2.05) is 30.3 Å². The van der Waals surface area contributed by atoms with Crippen molar-refractivity contribution in [1.82, 2.24) is 9.80 Å². The van der Waals surface area contributed by atoms with Crippen LogP contribution in [0.4, 0.5) is 0 Å². The molecule has 2 aromatic rings. The first-order valence-electron chi connectivity index (χ1n) is 9.44. The summed E-state index contributed by atoms with van der Waals surface area (Å²) in [6, 6.07) is 15.7. The van der Waals surface area contributed by atoms with Crippen molar-refractivity contribution in [3.8, 4) is 5.75 Å². The molecule has 1 heterocycles. The van der Waals surface area contributed by atoms with Crippen LogP contribution in [0.5, 0.6) is 5.75 Å². The Morgan fingerprint density at radius 3 is 2.42 bits per heavy atom. The van der Waals surface area contributed by atoms with Gasteiger partial charge in [-0.25, -0.2) is 0 Å². The van der Waals surface area contributed by atoms with Gasteiger partial charge in [0.2, 0.25) is 5.91 Å². The summed E-state index contributed by atoms with van der Waals surface area (Å²) in [7, 11) is 0. The Labute approximate surface area is 155 Å². The fourth-order valence-corrected chi connectivity index (χ4v) is 4.16. The van der Waals surface area contributed by atoms with E-state index in [1.165, 1.54) is 11.1 Å². The molecule has 4 rings (SSSR count). The smallest absolute Gasteiger partial charge is 0.233 e. The molecule has 1 saturated carbocycles. The summed E-state index contributed by atoms with van der Waals surface area (Å²) in [4.78, 5) is 17.6. The minimum atomic E-state index is -0.265. The molecule has 1 aliphatic carbocycles. The predicted octanol–water partition coefficient (Wildman–Crippen LogP) is 3.08. The van der Waals surface area contributed by atoms with E-state index in [2.05, 4.69) is 28.9 Å². The van der Waals surface area contributed by atoms with Gasteiger partial charge in [-0.1, -0.05) is 36.4 Å². The van der Waals surface area contributed by atoms with Gasteiger partial charge in [0.05, 0.1) is 5.41 Å². The van der Waals surface area contributed by atoms with Crippen LogP contribution in [0.2, 0.25) is 0 Å². The minimum absolute atomic E-state index is 0.265. The summed E-state index contributed by atoms with van der Waals surface area (Å²) < 4.78 is 0. The third-order valence-corrected chi connectivity index (χ3v) is 5.80.